The van der Waals surface area contributed by atoms with E-state index in [0.29, 0.717) is 25.9 Å². The predicted molar refractivity (Wildman–Crippen MR) is 174 cm³/mol. The van der Waals surface area contributed by atoms with Gasteiger partial charge in [-0.1, -0.05) is 78.9 Å². The van der Waals surface area contributed by atoms with Crippen molar-refractivity contribution in [1.29, 1.82) is 0 Å². The Balaban J connectivity index is 1.14. The lowest BCUT2D eigenvalue weighted by Crippen LogP contribution is -2.57. The molecule has 2 atom stereocenters. The number of urea groups is 1. The Kier molecular flexibility index (Phi) is 9.21. The molecule has 3 heterocycles. The molecule has 2 unspecified atom stereocenters. The molecule has 0 aromatic heterocycles. The normalized spacial score (nSPS) is 23.4. The van der Waals surface area contributed by atoms with Gasteiger partial charge in [-0.25, -0.2) is 4.79 Å². The van der Waals surface area contributed by atoms with Crippen LogP contribution in [-0.4, -0.2) is 83.5 Å². The van der Waals surface area contributed by atoms with Crippen molar-refractivity contribution in [3.63, 3.8) is 0 Å². The number of piperidine rings is 2. The smallest absolute Gasteiger partial charge is 0.318 e. The van der Waals surface area contributed by atoms with Gasteiger partial charge in [-0.15, -0.1) is 0 Å². The van der Waals surface area contributed by atoms with Crippen molar-refractivity contribution in [3.05, 3.63) is 108 Å². The maximum absolute atomic E-state index is 13.6. The van der Waals surface area contributed by atoms with Gasteiger partial charge in [0.05, 0.1) is 11.5 Å². The first-order valence-corrected chi connectivity index (χ1v) is 16.4. The minimum atomic E-state index is -0.832. The maximum atomic E-state index is 13.6. The number of nitrogens with zero attached hydrogens (tertiary/aromatic N) is 3. The second kappa shape index (κ2) is 13.4. The van der Waals surface area contributed by atoms with Crippen LogP contribution in [0.15, 0.2) is 91.0 Å². The molecule has 0 saturated carbocycles. The average Bonchev–Trinajstić information content (AvgIpc) is 3.54. The van der Waals surface area contributed by atoms with Crippen LogP contribution in [0.1, 0.15) is 60.0 Å². The van der Waals surface area contributed by atoms with E-state index in [9.17, 15) is 19.5 Å². The van der Waals surface area contributed by atoms with Gasteiger partial charge in [-0.05, 0) is 68.3 Å². The largest absolute Gasteiger partial charge is 0.481 e. The van der Waals surface area contributed by atoms with E-state index in [2.05, 4.69) is 46.6 Å². The van der Waals surface area contributed by atoms with Gasteiger partial charge in [0, 0.05) is 50.2 Å². The summed E-state index contributed by atoms with van der Waals surface area (Å²) >= 11 is 0. The van der Waals surface area contributed by atoms with Gasteiger partial charge in [0.15, 0.2) is 0 Å². The van der Waals surface area contributed by atoms with Crippen LogP contribution in [0.5, 0.6) is 0 Å². The Morgan fingerprint density at radius 2 is 1.38 bits per heavy atom. The molecule has 8 nitrogen and oxygen atoms in total. The number of hydrogen-bond donors (Lipinski definition) is 2. The number of likely N-dealkylation sites (tertiary alicyclic amines) is 3. The van der Waals surface area contributed by atoms with Gasteiger partial charge in [-0.2, -0.15) is 0 Å². The number of aliphatic carboxylic acids is 1. The highest BCUT2D eigenvalue weighted by molar-refractivity contribution is 5.94. The number of benzene rings is 3. The molecule has 8 heteroatoms. The van der Waals surface area contributed by atoms with Crippen molar-refractivity contribution in [2.24, 2.45) is 5.92 Å². The third-order valence-electron chi connectivity index (χ3n) is 10.4. The standard InChI is InChI=1S/C37H44N4O4/c42-33(29-11-4-1-5-12-29)41-26-19-36(28-41,31-14-6-2-7-15-31)18-23-39-24-20-37(21-25-39,32-16-8-3-9-17-32)38-35(45)40-22-10-13-30(27-40)34(43)44/h1-9,11-12,14-17,30H,10,13,18-28H2,(H,38,45)(H,43,44). The van der Waals surface area contributed by atoms with Crippen LogP contribution in [0.4, 0.5) is 4.79 Å². The Bertz CT molecular complexity index is 1460. The summed E-state index contributed by atoms with van der Waals surface area (Å²) in [6, 6.07) is 30.3. The lowest BCUT2D eigenvalue weighted by atomic mass is 9.76. The zero-order valence-electron chi connectivity index (χ0n) is 25.9. The molecule has 3 fully saturated rings. The molecule has 236 valence electrons. The molecular formula is C37H44N4O4. The first-order chi connectivity index (χ1) is 21.9. The molecular weight excluding hydrogens is 564 g/mol. The fraction of sp³-hybridized carbons (Fsp3) is 0.432. The molecule has 0 radical (unpaired) electrons. The van der Waals surface area contributed by atoms with E-state index in [1.807, 2.05) is 59.5 Å². The molecule has 0 bridgehead atoms. The maximum Gasteiger partial charge on any atom is 0.318 e. The highest BCUT2D eigenvalue weighted by atomic mass is 16.4. The van der Waals surface area contributed by atoms with Gasteiger partial charge in [-0.3, -0.25) is 9.59 Å². The van der Waals surface area contributed by atoms with Crippen molar-refractivity contribution in [2.45, 2.75) is 49.5 Å². The van der Waals surface area contributed by atoms with Crippen LogP contribution < -0.4 is 5.32 Å². The zero-order chi connectivity index (χ0) is 31.3. The number of carboxylic acid groups (broad SMARTS) is 1. The summed E-state index contributed by atoms with van der Waals surface area (Å²) in [6.07, 6.45) is 4.74. The summed E-state index contributed by atoms with van der Waals surface area (Å²) in [6.45, 7) is 4.87. The number of nitrogens with one attached hydrogen (secondary N) is 1. The van der Waals surface area contributed by atoms with Crippen molar-refractivity contribution >= 4 is 17.9 Å². The third kappa shape index (κ3) is 6.76. The molecule has 3 aliphatic rings. The van der Waals surface area contributed by atoms with Gasteiger partial charge in [0.1, 0.15) is 0 Å². The van der Waals surface area contributed by atoms with E-state index in [0.717, 1.165) is 63.0 Å². The van der Waals surface area contributed by atoms with E-state index in [1.54, 1.807) is 4.90 Å². The number of amides is 3. The molecule has 0 spiro atoms. The van der Waals surface area contributed by atoms with Crippen LogP contribution >= 0.6 is 0 Å². The lowest BCUT2D eigenvalue weighted by molar-refractivity contribution is -0.143. The number of carboxylic acids is 1. The Morgan fingerprint density at radius 3 is 2.02 bits per heavy atom. The quantitative estimate of drug-likeness (QED) is 0.359. The molecule has 3 saturated heterocycles. The monoisotopic (exact) mass is 608 g/mol. The van der Waals surface area contributed by atoms with E-state index >= 15 is 0 Å². The van der Waals surface area contributed by atoms with Crippen LogP contribution in [0.25, 0.3) is 0 Å². The van der Waals surface area contributed by atoms with E-state index < -0.39 is 17.4 Å². The van der Waals surface area contributed by atoms with Crippen molar-refractivity contribution in [1.82, 2.24) is 20.0 Å². The topological polar surface area (TPSA) is 93.2 Å². The first kappa shape index (κ1) is 30.8. The Morgan fingerprint density at radius 1 is 0.756 bits per heavy atom. The highest BCUT2D eigenvalue weighted by Gasteiger charge is 2.43. The first-order valence-electron chi connectivity index (χ1n) is 16.4. The summed E-state index contributed by atoms with van der Waals surface area (Å²) in [4.78, 5) is 44.8. The summed E-state index contributed by atoms with van der Waals surface area (Å²) in [5.74, 6) is -1.25. The number of rotatable bonds is 8. The number of carbonyl (C=O) groups is 3. The SMILES string of the molecule is O=C(O)C1CCCN(C(=O)NC2(c3ccccc3)CCN(CCC3(c4ccccc4)CCN(C(=O)c4ccccc4)C3)CC2)C1. The fourth-order valence-corrected chi connectivity index (χ4v) is 7.61. The van der Waals surface area contributed by atoms with Crippen molar-refractivity contribution in [3.8, 4) is 0 Å². The molecule has 6 rings (SSSR count). The molecule has 0 aliphatic carbocycles. The molecule has 3 aliphatic heterocycles. The minimum absolute atomic E-state index is 0.0955. The molecule has 2 N–H and O–H groups in total. The van der Waals surface area contributed by atoms with Crippen LogP contribution in [-0.2, 0) is 15.7 Å². The van der Waals surface area contributed by atoms with Crippen molar-refractivity contribution < 1.29 is 19.5 Å². The highest BCUT2D eigenvalue weighted by Crippen LogP contribution is 2.40. The Labute approximate surface area is 266 Å². The molecule has 45 heavy (non-hydrogen) atoms. The predicted octanol–water partition coefficient (Wildman–Crippen LogP) is 5.36. The number of hydrogen-bond acceptors (Lipinski definition) is 4. The second-order valence-corrected chi connectivity index (χ2v) is 13.1. The van der Waals surface area contributed by atoms with E-state index in [1.165, 1.54) is 5.56 Å². The van der Waals surface area contributed by atoms with E-state index in [4.69, 9.17) is 0 Å². The summed E-state index contributed by atoms with van der Waals surface area (Å²) < 4.78 is 0. The van der Waals surface area contributed by atoms with Crippen LogP contribution in [0.3, 0.4) is 0 Å². The molecule has 3 amide bonds. The zero-order valence-corrected chi connectivity index (χ0v) is 25.9. The fourth-order valence-electron chi connectivity index (χ4n) is 7.61. The average molecular weight is 609 g/mol. The second-order valence-electron chi connectivity index (χ2n) is 13.1. The van der Waals surface area contributed by atoms with Gasteiger partial charge < -0.3 is 25.1 Å². The summed E-state index contributed by atoms with van der Waals surface area (Å²) in [5.41, 5.74) is 2.51. The van der Waals surface area contributed by atoms with Crippen molar-refractivity contribution in [2.75, 3.05) is 45.8 Å². The summed E-state index contributed by atoms with van der Waals surface area (Å²) in [7, 11) is 0. The minimum Gasteiger partial charge on any atom is -0.481 e. The van der Waals surface area contributed by atoms with Crippen LogP contribution in [0.2, 0.25) is 0 Å². The van der Waals surface area contributed by atoms with E-state index in [-0.39, 0.29) is 23.9 Å². The Hall–Kier alpha value is -4.17. The molecule has 3 aromatic carbocycles. The third-order valence-corrected chi connectivity index (χ3v) is 10.4. The van der Waals surface area contributed by atoms with Gasteiger partial charge in [0.2, 0.25) is 0 Å². The molecule has 3 aromatic rings. The van der Waals surface area contributed by atoms with Crippen LogP contribution in [0, 0.1) is 5.92 Å². The lowest BCUT2D eigenvalue weighted by Gasteiger charge is -2.45. The number of carbonyl (C=O) groups excluding carboxylic acids is 2. The summed E-state index contributed by atoms with van der Waals surface area (Å²) in [5, 5.41) is 12.9. The van der Waals surface area contributed by atoms with Gasteiger partial charge in [0.25, 0.3) is 5.91 Å². The van der Waals surface area contributed by atoms with Gasteiger partial charge >= 0.3 is 12.0 Å².